The molecule has 0 amide bonds. The molecule has 5 nitrogen and oxygen atoms in total. The molecule has 1 aromatic heterocycles. The molecule has 0 aromatic carbocycles. The SMILES string of the molecule is CCCNCCc1ccc(S(=O)(=O)NCC2CCCO2)s1. The highest BCUT2D eigenvalue weighted by molar-refractivity contribution is 7.91. The van der Waals surface area contributed by atoms with Crippen LogP contribution in [-0.2, 0) is 21.2 Å². The molecule has 1 aliphatic rings. The van der Waals surface area contributed by atoms with E-state index in [4.69, 9.17) is 4.74 Å². The Labute approximate surface area is 131 Å². The van der Waals surface area contributed by atoms with Gasteiger partial charge in [0.2, 0.25) is 10.0 Å². The molecule has 7 heteroatoms. The first-order valence-corrected chi connectivity index (χ1v) is 9.82. The third kappa shape index (κ3) is 5.34. The van der Waals surface area contributed by atoms with Gasteiger partial charge < -0.3 is 10.1 Å². The van der Waals surface area contributed by atoms with Crippen molar-refractivity contribution < 1.29 is 13.2 Å². The summed E-state index contributed by atoms with van der Waals surface area (Å²) in [5.74, 6) is 0. The molecule has 1 fully saturated rings. The number of hydrogen-bond acceptors (Lipinski definition) is 5. The second kappa shape index (κ2) is 8.24. The Bertz CT molecular complexity index is 522. The monoisotopic (exact) mass is 332 g/mol. The first-order valence-electron chi connectivity index (χ1n) is 7.52. The Balaban J connectivity index is 1.83. The minimum absolute atomic E-state index is 0.0254. The second-order valence-electron chi connectivity index (χ2n) is 5.21. The van der Waals surface area contributed by atoms with Crippen LogP contribution in [0.4, 0.5) is 0 Å². The Morgan fingerprint density at radius 2 is 2.24 bits per heavy atom. The van der Waals surface area contributed by atoms with Crippen molar-refractivity contribution >= 4 is 21.4 Å². The van der Waals surface area contributed by atoms with E-state index in [1.165, 1.54) is 11.3 Å². The van der Waals surface area contributed by atoms with E-state index < -0.39 is 10.0 Å². The Hall–Kier alpha value is -0.470. The van der Waals surface area contributed by atoms with E-state index in [9.17, 15) is 8.42 Å². The fourth-order valence-electron chi connectivity index (χ4n) is 2.23. The van der Waals surface area contributed by atoms with Crippen LogP contribution >= 0.6 is 11.3 Å². The van der Waals surface area contributed by atoms with Crippen molar-refractivity contribution in [3.05, 3.63) is 17.0 Å². The van der Waals surface area contributed by atoms with E-state index in [0.717, 1.165) is 50.3 Å². The largest absolute Gasteiger partial charge is 0.377 e. The van der Waals surface area contributed by atoms with Crippen LogP contribution in [-0.4, -0.2) is 40.8 Å². The zero-order chi connectivity index (χ0) is 15.1. The van der Waals surface area contributed by atoms with Crippen molar-refractivity contribution in [1.29, 1.82) is 0 Å². The summed E-state index contributed by atoms with van der Waals surface area (Å²) in [6, 6.07) is 3.59. The van der Waals surface area contributed by atoms with Crippen LogP contribution in [0.15, 0.2) is 16.3 Å². The quantitative estimate of drug-likeness (QED) is 0.676. The summed E-state index contributed by atoms with van der Waals surface area (Å²) in [5.41, 5.74) is 0. The van der Waals surface area contributed by atoms with Gasteiger partial charge in [-0.2, -0.15) is 0 Å². The van der Waals surface area contributed by atoms with Gasteiger partial charge in [-0.25, -0.2) is 13.1 Å². The number of sulfonamides is 1. The molecule has 21 heavy (non-hydrogen) atoms. The summed E-state index contributed by atoms with van der Waals surface area (Å²) >= 11 is 1.35. The van der Waals surface area contributed by atoms with Crippen LogP contribution in [0.3, 0.4) is 0 Å². The van der Waals surface area contributed by atoms with Crippen LogP contribution in [0.2, 0.25) is 0 Å². The Morgan fingerprint density at radius 1 is 1.38 bits per heavy atom. The molecular weight excluding hydrogens is 308 g/mol. The molecule has 1 aliphatic heterocycles. The van der Waals surface area contributed by atoms with Crippen LogP contribution < -0.4 is 10.0 Å². The van der Waals surface area contributed by atoms with Gasteiger partial charge in [0.25, 0.3) is 0 Å². The predicted molar refractivity (Wildman–Crippen MR) is 85.3 cm³/mol. The van der Waals surface area contributed by atoms with Gasteiger partial charge in [0.05, 0.1) is 6.10 Å². The lowest BCUT2D eigenvalue weighted by Gasteiger charge is -2.10. The summed E-state index contributed by atoms with van der Waals surface area (Å²) in [4.78, 5) is 1.09. The van der Waals surface area contributed by atoms with Gasteiger partial charge in [0, 0.05) is 18.0 Å². The standard InChI is InChI=1S/C14H24N2O3S2/c1-2-8-15-9-7-13-5-6-14(20-13)21(17,18)16-11-12-4-3-10-19-12/h5-6,12,15-16H,2-4,7-11H2,1H3. The molecule has 2 rings (SSSR count). The highest BCUT2D eigenvalue weighted by Crippen LogP contribution is 2.22. The van der Waals surface area contributed by atoms with Crippen molar-refractivity contribution in [3.8, 4) is 0 Å². The number of hydrogen-bond donors (Lipinski definition) is 2. The molecule has 0 saturated carbocycles. The first kappa shape index (κ1) is 16.9. The third-order valence-corrected chi connectivity index (χ3v) is 6.46. The average Bonchev–Trinajstić information content (AvgIpc) is 3.13. The van der Waals surface area contributed by atoms with Crippen molar-refractivity contribution in [2.24, 2.45) is 0 Å². The number of nitrogens with one attached hydrogen (secondary N) is 2. The molecule has 0 bridgehead atoms. The van der Waals surface area contributed by atoms with E-state index in [2.05, 4.69) is 17.0 Å². The van der Waals surface area contributed by atoms with E-state index in [-0.39, 0.29) is 6.10 Å². The van der Waals surface area contributed by atoms with Gasteiger partial charge in [-0.05, 0) is 50.9 Å². The van der Waals surface area contributed by atoms with Crippen LogP contribution in [0.5, 0.6) is 0 Å². The van der Waals surface area contributed by atoms with Crippen LogP contribution in [0, 0.1) is 0 Å². The maximum absolute atomic E-state index is 12.2. The fourth-order valence-corrected chi connectivity index (χ4v) is 4.70. The van der Waals surface area contributed by atoms with Crippen LogP contribution in [0.1, 0.15) is 31.1 Å². The number of ether oxygens (including phenoxy) is 1. The van der Waals surface area contributed by atoms with Gasteiger partial charge in [0.1, 0.15) is 4.21 Å². The van der Waals surface area contributed by atoms with Gasteiger partial charge in [0.15, 0.2) is 0 Å². The smallest absolute Gasteiger partial charge is 0.250 e. The van der Waals surface area contributed by atoms with Crippen molar-refractivity contribution in [1.82, 2.24) is 10.0 Å². The summed E-state index contributed by atoms with van der Waals surface area (Å²) in [6.45, 7) is 5.12. The van der Waals surface area contributed by atoms with Crippen LogP contribution in [0.25, 0.3) is 0 Å². The molecule has 1 saturated heterocycles. The molecule has 0 aliphatic carbocycles. The average molecular weight is 332 g/mol. The fraction of sp³-hybridized carbons (Fsp3) is 0.714. The summed E-state index contributed by atoms with van der Waals surface area (Å²) in [6.07, 6.45) is 3.95. The molecule has 0 radical (unpaired) electrons. The van der Waals surface area contributed by atoms with Crippen molar-refractivity contribution in [3.63, 3.8) is 0 Å². The molecule has 0 spiro atoms. The van der Waals surface area contributed by atoms with E-state index >= 15 is 0 Å². The number of thiophene rings is 1. The molecule has 2 N–H and O–H groups in total. The Kier molecular flexibility index (Phi) is 6.63. The summed E-state index contributed by atoms with van der Waals surface area (Å²) in [5, 5.41) is 3.32. The second-order valence-corrected chi connectivity index (χ2v) is 8.37. The van der Waals surface area contributed by atoms with E-state index in [0.29, 0.717) is 10.8 Å². The Morgan fingerprint density at radius 3 is 2.95 bits per heavy atom. The normalized spacial score (nSPS) is 19.2. The maximum Gasteiger partial charge on any atom is 0.250 e. The van der Waals surface area contributed by atoms with E-state index in [1.54, 1.807) is 6.07 Å². The van der Waals surface area contributed by atoms with E-state index in [1.807, 2.05) is 6.07 Å². The van der Waals surface area contributed by atoms with Gasteiger partial charge >= 0.3 is 0 Å². The lowest BCUT2D eigenvalue weighted by Crippen LogP contribution is -2.31. The molecule has 2 heterocycles. The molecular formula is C14H24N2O3S2. The lowest BCUT2D eigenvalue weighted by atomic mass is 10.2. The lowest BCUT2D eigenvalue weighted by molar-refractivity contribution is 0.114. The van der Waals surface area contributed by atoms with Gasteiger partial charge in [-0.3, -0.25) is 0 Å². The minimum atomic E-state index is -3.39. The molecule has 1 aromatic rings. The number of rotatable bonds is 9. The van der Waals surface area contributed by atoms with Gasteiger partial charge in [-0.15, -0.1) is 11.3 Å². The first-order chi connectivity index (χ1) is 10.1. The zero-order valence-electron chi connectivity index (χ0n) is 12.4. The third-order valence-electron chi connectivity index (χ3n) is 3.40. The van der Waals surface area contributed by atoms with Gasteiger partial charge in [-0.1, -0.05) is 6.92 Å². The zero-order valence-corrected chi connectivity index (χ0v) is 14.1. The summed E-state index contributed by atoms with van der Waals surface area (Å²) < 4.78 is 32.9. The predicted octanol–water partition coefficient (Wildman–Crippen LogP) is 1.75. The van der Waals surface area contributed by atoms with Crippen molar-refractivity contribution in [2.45, 2.75) is 42.9 Å². The minimum Gasteiger partial charge on any atom is -0.377 e. The molecule has 120 valence electrons. The molecule has 1 unspecified atom stereocenters. The maximum atomic E-state index is 12.2. The molecule has 1 atom stereocenters. The topological polar surface area (TPSA) is 67.4 Å². The highest BCUT2D eigenvalue weighted by Gasteiger charge is 2.21. The summed E-state index contributed by atoms with van der Waals surface area (Å²) in [7, 11) is -3.39. The van der Waals surface area contributed by atoms with Crippen molar-refractivity contribution in [2.75, 3.05) is 26.2 Å². The highest BCUT2D eigenvalue weighted by atomic mass is 32.2.